The number of aromatic amines is 1. The van der Waals surface area contributed by atoms with Crippen molar-refractivity contribution in [3.05, 3.63) is 40.3 Å². The number of hydrogen-bond acceptors (Lipinski definition) is 2. The Bertz CT molecular complexity index is 650. The van der Waals surface area contributed by atoms with Gasteiger partial charge in [-0.2, -0.15) is 18.3 Å². The van der Waals surface area contributed by atoms with E-state index in [4.69, 9.17) is 0 Å². The molecule has 0 amide bonds. The Balaban J connectivity index is 2.01. The van der Waals surface area contributed by atoms with E-state index >= 15 is 0 Å². The first-order chi connectivity index (χ1) is 8.97. The molecule has 100 valence electrons. The summed E-state index contributed by atoms with van der Waals surface area (Å²) in [6.07, 6.45) is -2.57. The second-order valence-corrected chi connectivity index (χ2v) is 4.53. The summed E-state index contributed by atoms with van der Waals surface area (Å²) < 4.78 is 38.9. The molecule has 1 N–H and O–H groups in total. The number of alkyl halides is 3. The predicted octanol–water partition coefficient (Wildman–Crippen LogP) is 2.59. The average Bonchev–Trinajstić information content (AvgIpc) is 3.12. The summed E-state index contributed by atoms with van der Waals surface area (Å²) in [6.45, 7) is 0. The highest BCUT2D eigenvalue weighted by Crippen LogP contribution is 2.36. The van der Waals surface area contributed by atoms with Crippen LogP contribution in [-0.4, -0.2) is 14.8 Å². The quantitative estimate of drug-likeness (QED) is 0.911. The molecule has 1 aliphatic rings. The minimum Gasteiger partial charge on any atom is -0.272 e. The van der Waals surface area contributed by atoms with Crippen LogP contribution in [0.5, 0.6) is 0 Å². The Hall–Kier alpha value is -2.05. The van der Waals surface area contributed by atoms with Crippen molar-refractivity contribution in [2.24, 2.45) is 0 Å². The van der Waals surface area contributed by atoms with Crippen LogP contribution in [-0.2, 0) is 6.18 Å². The molecule has 1 saturated carbocycles. The maximum Gasteiger partial charge on any atom is 0.416 e. The number of nitrogens with zero attached hydrogens (tertiary/aromatic N) is 2. The summed E-state index contributed by atoms with van der Waals surface area (Å²) in [5.41, 5.74) is -0.539. The van der Waals surface area contributed by atoms with Crippen LogP contribution in [0.3, 0.4) is 0 Å². The van der Waals surface area contributed by atoms with E-state index in [0.29, 0.717) is 11.4 Å². The van der Waals surface area contributed by atoms with Crippen molar-refractivity contribution < 1.29 is 13.2 Å². The summed E-state index contributed by atoms with van der Waals surface area (Å²) >= 11 is 0. The number of halogens is 3. The van der Waals surface area contributed by atoms with Crippen molar-refractivity contribution in [2.75, 3.05) is 0 Å². The molecule has 1 heterocycles. The predicted molar refractivity (Wildman–Crippen MR) is 61.6 cm³/mol. The lowest BCUT2D eigenvalue weighted by atomic mass is 10.1. The van der Waals surface area contributed by atoms with Gasteiger partial charge in [-0.3, -0.25) is 4.57 Å². The third-order valence-electron chi connectivity index (χ3n) is 3.09. The molecule has 0 aliphatic heterocycles. The zero-order chi connectivity index (χ0) is 13.6. The lowest BCUT2D eigenvalue weighted by Gasteiger charge is -2.08. The molecule has 0 bridgehead atoms. The molecule has 0 spiro atoms. The maximum absolute atomic E-state index is 12.5. The fourth-order valence-electron chi connectivity index (χ4n) is 1.99. The van der Waals surface area contributed by atoms with E-state index in [-0.39, 0.29) is 11.7 Å². The van der Waals surface area contributed by atoms with E-state index in [1.165, 1.54) is 16.7 Å². The van der Waals surface area contributed by atoms with Crippen molar-refractivity contribution in [1.29, 1.82) is 0 Å². The summed E-state index contributed by atoms with van der Waals surface area (Å²) in [5, 5.41) is 6.22. The largest absolute Gasteiger partial charge is 0.416 e. The highest BCUT2D eigenvalue weighted by molar-refractivity contribution is 5.56. The monoisotopic (exact) mass is 269 g/mol. The molecule has 0 atom stereocenters. The summed E-state index contributed by atoms with van der Waals surface area (Å²) in [5.74, 6) is 0.390. The average molecular weight is 269 g/mol. The molecule has 0 unspecified atom stereocenters. The summed E-state index contributed by atoms with van der Waals surface area (Å²) in [7, 11) is 0. The minimum atomic E-state index is -4.36. The van der Waals surface area contributed by atoms with Gasteiger partial charge >= 0.3 is 11.9 Å². The highest BCUT2D eigenvalue weighted by Gasteiger charge is 2.31. The fourth-order valence-corrected chi connectivity index (χ4v) is 1.99. The molecule has 0 saturated heterocycles. The first kappa shape index (κ1) is 12.0. The van der Waals surface area contributed by atoms with Crippen molar-refractivity contribution in [3.63, 3.8) is 0 Å². The normalized spacial score (nSPS) is 15.7. The van der Waals surface area contributed by atoms with E-state index < -0.39 is 11.7 Å². The maximum atomic E-state index is 12.5. The zero-order valence-corrected chi connectivity index (χ0v) is 9.74. The molecule has 3 rings (SSSR count). The third kappa shape index (κ3) is 2.16. The van der Waals surface area contributed by atoms with Crippen LogP contribution in [0.1, 0.15) is 24.4 Å². The van der Waals surface area contributed by atoms with Crippen LogP contribution < -0.4 is 5.69 Å². The molecule has 1 aromatic carbocycles. The van der Waals surface area contributed by atoms with Crippen LogP contribution in [0, 0.1) is 0 Å². The van der Waals surface area contributed by atoms with Crippen molar-refractivity contribution in [2.45, 2.75) is 25.1 Å². The lowest BCUT2D eigenvalue weighted by Crippen LogP contribution is -2.16. The second-order valence-electron chi connectivity index (χ2n) is 4.53. The second kappa shape index (κ2) is 3.97. The highest BCUT2D eigenvalue weighted by atomic mass is 19.4. The Morgan fingerprint density at radius 3 is 2.37 bits per heavy atom. The smallest absolute Gasteiger partial charge is 0.272 e. The van der Waals surface area contributed by atoms with Gasteiger partial charge in [0.1, 0.15) is 0 Å². The molecule has 2 aromatic rings. The van der Waals surface area contributed by atoms with Gasteiger partial charge in [0.25, 0.3) is 0 Å². The fraction of sp³-hybridized carbons (Fsp3) is 0.333. The van der Waals surface area contributed by atoms with E-state index in [0.717, 1.165) is 25.0 Å². The number of nitrogens with one attached hydrogen (secondary N) is 1. The van der Waals surface area contributed by atoms with Gasteiger partial charge in [-0.15, -0.1) is 0 Å². The SMILES string of the molecule is O=c1[nH]nc(-c2ccc(C(F)(F)F)cc2)n1C1CC1. The van der Waals surface area contributed by atoms with Gasteiger partial charge in [-0.05, 0) is 25.0 Å². The number of rotatable bonds is 2. The van der Waals surface area contributed by atoms with Gasteiger partial charge in [-0.1, -0.05) is 12.1 Å². The topological polar surface area (TPSA) is 50.7 Å². The van der Waals surface area contributed by atoms with Crippen molar-refractivity contribution in [1.82, 2.24) is 14.8 Å². The van der Waals surface area contributed by atoms with Gasteiger partial charge in [0.2, 0.25) is 0 Å². The van der Waals surface area contributed by atoms with Crippen LogP contribution in [0.2, 0.25) is 0 Å². The molecule has 1 aromatic heterocycles. The number of H-pyrrole nitrogens is 1. The molecular formula is C12H10F3N3O. The third-order valence-corrected chi connectivity index (χ3v) is 3.09. The van der Waals surface area contributed by atoms with Gasteiger partial charge in [0.05, 0.1) is 5.56 Å². The van der Waals surface area contributed by atoms with Crippen LogP contribution >= 0.6 is 0 Å². The van der Waals surface area contributed by atoms with Crippen molar-refractivity contribution >= 4 is 0 Å². The van der Waals surface area contributed by atoms with E-state index in [1.807, 2.05) is 0 Å². The molecule has 19 heavy (non-hydrogen) atoms. The van der Waals surface area contributed by atoms with Gasteiger partial charge in [0.15, 0.2) is 5.82 Å². The molecule has 1 aliphatic carbocycles. The van der Waals surface area contributed by atoms with E-state index in [1.54, 1.807) is 0 Å². The first-order valence-corrected chi connectivity index (χ1v) is 5.81. The van der Waals surface area contributed by atoms with Crippen LogP contribution in [0.15, 0.2) is 29.1 Å². The Kier molecular flexibility index (Phi) is 2.51. The summed E-state index contributed by atoms with van der Waals surface area (Å²) in [4.78, 5) is 11.6. The number of hydrogen-bond donors (Lipinski definition) is 1. The Labute approximate surface area is 105 Å². The Morgan fingerprint density at radius 1 is 1.21 bits per heavy atom. The molecule has 4 nitrogen and oxygen atoms in total. The summed E-state index contributed by atoms with van der Waals surface area (Å²) in [6, 6.07) is 4.76. The van der Waals surface area contributed by atoms with Gasteiger partial charge in [-0.25, -0.2) is 9.89 Å². The lowest BCUT2D eigenvalue weighted by molar-refractivity contribution is -0.137. The standard InChI is InChI=1S/C12H10F3N3O/c13-12(14,15)8-3-1-7(2-4-8)10-16-17-11(19)18(10)9-5-6-9/h1-4,9H,5-6H2,(H,17,19). The molecule has 0 radical (unpaired) electrons. The van der Waals surface area contributed by atoms with E-state index in [9.17, 15) is 18.0 Å². The van der Waals surface area contributed by atoms with Gasteiger partial charge < -0.3 is 0 Å². The molecule has 7 heteroatoms. The molecule has 1 fully saturated rings. The zero-order valence-electron chi connectivity index (χ0n) is 9.74. The van der Waals surface area contributed by atoms with E-state index in [2.05, 4.69) is 10.2 Å². The number of benzene rings is 1. The minimum absolute atomic E-state index is 0.114. The van der Waals surface area contributed by atoms with Crippen LogP contribution in [0.4, 0.5) is 13.2 Å². The van der Waals surface area contributed by atoms with Crippen molar-refractivity contribution in [3.8, 4) is 11.4 Å². The molecular weight excluding hydrogens is 259 g/mol. The number of aromatic nitrogens is 3. The Morgan fingerprint density at radius 2 is 1.84 bits per heavy atom. The van der Waals surface area contributed by atoms with Crippen LogP contribution in [0.25, 0.3) is 11.4 Å². The van der Waals surface area contributed by atoms with Gasteiger partial charge in [0, 0.05) is 11.6 Å². The first-order valence-electron chi connectivity index (χ1n) is 5.81.